The van der Waals surface area contributed by atoms with Gasteiger partial charge in [0.25, 0.3) is 5.56 Å². The molecule has 3 rings (SSSR count). The zero-order valence-electron chi connectivity index (χ0n) is 14.0. The van der Waals surface area contributed by atoms with Crippen molar-refractivity contribution in [2.24, 2.45) is 0 Å². The van der Waals surface area contributed by atoms with E-state index in [4.69, 9.17) is 34.8 Å². The van der Waals surface area contributed by atoms with Gasteiger partial charge in [-0.25, -0.2) is 8.78 Å². The lowest BCUT2D eigenvalue weighted by Crippen LogP contribution is -2.21. The fourth-order valence-electron chi connectivity index (χ4n) is 2.51. The van der Waals surface area contributed by atoms with Crippen molar-refractivity contribution in [2.75, 3.05) is 11.9 Å². The number of halogens is 5. The second-order valence-corrected chi connectivity index (χ2v) is 6.91. The van der Waals surface area contributed by atoms with E-state index in [1.807, 2.05) is 0 Å². The highest BCUT2D eigenvalue weighted by Gasteiger charge is 2.18. The molecule has 0 radical (unpaired) electrons. The van der Waals surface area contributed by atoms with Crippen molar-refractivity contribution in [3.63, 3.8) is 0 Å². The van der Waals surface area contributed by atoms with Crippen LogP contribution in [0.25, 0.3) is 5.69 Å². The van der Waals surface area contributed by atoms with Crippen molar-refractivity contribution in [2.45, 2.75) is 6.10 Å². The highest BCUT2D eigenvalue weighted by Crippen LogP contribution is 2.27. The normalized spacial score (nSPS) is 12.1. The van der Waals surface area contributed by atoms with E-state index in [-0.39, 0.29) is 21.6 Å². The predicted octanol–water partition coefficient (Wildman–Crippen LogP) is 4.62. The first-order chi connectivity index (χ1) is 13.3. The van der Waals surface area contributed by atoms with Gasteiger partial charge in [0.05, 0.1) is 33.2 Å². The summed E-state index contributed by atoms with van der Waals surface area (Å²) in [6, 6.07) is 7.83. The number of hydrogen-bond donors (Lipinski definition) is 2. The largest absolute Gasteiger partial charge is 0.386 e. The Hall–Kier alpha value is -2.19. The number of aliphatic hydroxyl groups excluding tert-OH is 1. The Morgan fingerprint density at radius 1 is 1.11 bits per heavy atom. The molecule has 0 bridgehead atoms. The minimum absolute atomic E-state index is 0.0293. The summed E-state index contributed by atoms with van der Waals surface area (Å²) in [5.74, 6) is -1.69. The number of rotatable bonds is 5. The molecule has 10 heteroatoms. The van der Waals surface area contributed by atoms with Crippen LogP contribution in [-0.2, 0) is 0 Å². The van der Waals surface area contributed by atoms with Gasteiger partial charge in [-0.05, 0) is 30.3 Å². The Bertz CT molecular complexity index is 1070. The van der Waals surface area contributed by atoms with E-state index in [1.54, 1.807) is 0 Å². The van der Waals surface area contributed by atoms with Gasteiger partial charge >= 0.3 is 0 Å². The molecule has 0 aliphatic rings. The second-order valence-electron chi connectivity index (χ2n) is 5.72. The lowest BCUT2D eigenvalue weighted by Gasteiger charge is -2.16. The minimum atomic E-state index is -1.43. The Morgan fingerprint density at radius 2 is 1.79 bits per heavy atom. The summed E-state index contributed by atoms with van der Waals surface area (Å²) >= 11 is 17.8. The number of benzene rings is 2. The maximum absolute atomic E-state index is 13.7. The van der Waals surface area contributed by atoms with Gasteiger partial charge in [0, 0.05) is 6.54 Å². The van der Waals surface area contributed by atoms with Gasteiger partial charge in [0.1, 0.15) is 22.8 Å². The fourth-order valence-corrected chi connectivity index (χ4v) is 3.01. The molecule has 1 aromatic heterocycles. The number of hydrogen-bond acceptors (Lipinski definition) is 4. The molecule has 0 aliphatic heterocycles. The summed E-state index contributed by atoms with van der Waals surface area (Å²) in [6.07, 6.45) is -0.207. The molecular weight excluding hydrogens is 435 g/mol. The number of nitrogens with one attached hydrogen (secondary N) is 1. The molecule has 3 aromatic rings. The molecule has 146 valence electrons. The monoisotopic (exact) mass is 445 g/mol. The van der Waals surface area contributed by atoms with Crippen molar-refractivity contribution in [1.82, 2.24) is 9.78 Å². The van der Waals surface area contributed by atoms with Crippen LogP contribution in [0.15, 0.2) is 47.4 Å². The highest BCUT2D eigenvalue weighted by atomic mass is 35.5. The van der Waals surface area contributed by atoms with Crippen LogP contribution in [0.4, 0.5) is 14.5 Å². The van der Waals surface area contributed by atoms with Crippen LogP contribution in [0.2, 0.25) is 15.1 Å². The molecule has 5 nitrogen and oxygen atoms in total. The van der Waals surface area contributed by atoms with Gasteiger partial charge in [0.15, 0.2) is 0 Å². The standard InChI is InChI=1S/C18H12Cl3F2N3O2/c19-10-6-9(26-18(28)17(21)11(20)7-25-26)4-5-14(10)24-8-15(27)16-12(22)2-1-3-13(16)23/h1-7,15,24,27H,8H2. The van der Waals surface area contributed by atoms with E-state index in [9.17, 15) is 18.7 Å². The summed E-state index contributed by atoms with van der Waals surface area (Å²) in [7, 11) is 0. The van der Waals surface area contributed by atoms with Crippen molar-refractivity contribution < 1.29 is 13.9 Å². The average molecular weight is 447 g/mol. The Balaban J connectivity index is 1.80. The quantitative estimate of drug-likeness (QED) is 0.600. The molecule has 0 fully saturated rings. The van der Waals surface area contributed by atoms with Crippen LogP contribution in [0, 0.1) is 11.6 Å². The summed E-state index contributed by atoms with van der Waals surface area (Å²) in [5.41, 5.74) is -0.333. The van der Waals surface area contributed by atoms with Gasteiger partial charge in [0.2, 0.25) is 0 Å². The van der Waals surface area contributed by atoms with Crippen molar-refractivity contribution in [3.8, 4) is 5.69 Å². The first-order valence-corrected chi connectivity index (χ1v) is 9.02. The number of nitrogens with zero attached hydrogens (tertiary/aromatic N) is 2. The first-order valence-electron chi connectivity index (χ1n) is 7.88. The third kappa shape index (κ3) is 4.12. The minimum Gasteiger partial charge on any atom is -0.386 e. The first kappa shape index (κ1) is 20.5. The topological polar surface area (TPSA) is 67.2 Å². The maximum atomic E-state index is 13.7. The molecule has 0 saturated carbocycles. The third-order valence-corrected chi connectivity index (χ3v) is 4.95. The molecule has 2 aromatic carbocycles. The SMILES string of the molecule is O=c1c(Cl)c(Cl)cnn1-c1ccc(NCC(O)c2c(F)cccc2F)c(Cl)c1. The molecule has 1 atom stereocenters. The van der Waals surface area contributed by atoms with Crippen LogP contribution in [0.3, 0.4) is 0 Å². The van der Waals surface area contributed by atoms with Crippen molar-refractivity contribution in [1.29, 1.82) is 0 Å². The van der Waals surface area contributed by atoms with Crippen molar-refractivity contribution in [3.05, 3.63) is 85.2 Å². The lowest BCUT2D eigenvalue weighted by molar-refractivity contribution is 0.181. The Kier molecular flexibility index (Phi) is 6.20. The molecule has 1 unspecified atom stereocenters. The van der Waals surface area contributed by atoms with Gasteiger partial charge < -0.3 is 10.4 Å². The predicted molar refractivity (Wildman–Crippen MR) is 105 cm³/mol. The summed E-state index contributed by atoms with van der Waals surface area (Å²) < 4.78 is 28.5. The molecule has 0 aliphatic carbocycles. The molecule has 0 spiro atoms. The van der Waals surface area contributed by atoms with Crippen LogP contribution >= 0.6 is 34.8 Å². The van der Waals surface area contributed by atoms with Gasteiger partial charge in [-0.3, -0.25) is 4.79 Å². The summed E-state index contributed by atoms with van der Waals surface area (Å²) in [4.78, 5) is 12.1. The number of aliphatic hydroxyl groups is 1. The summed E-state index contributed by atoms with van der Waals surface area (Å²) in [6.45, 7) is -0.193. The summed E-state index contributed by atoms with van der Waals surface area (Å²) in [5, 5.41) is 16.8. The van der Waals surface area contributed by atoms with Gasteiger partial charge in [-0.2, -0.15) is 9.78 Å². The average Bonchev–Trinajstić information content (AvgIpc) is 2.65. The zero-order chi connectivity index (χ0) is 20.4. The van der Waals surface area contributed by atoms with Gasteiger partial charge in [-0.1, -0.05) is 40.9 Å². The van der Waals surface area contributed by atoms with Gasteiger partial charge in [-0.15, -0.1) is 0 Å². The molecule has 2 N–H and O–H groups in total. The highest BCUT2D eigenvalue weighted by molar-refractivity contribution is 6.41. The van der Waals surface area contributed by atoms with E-state index in [0.29, 0.717) is 11.4 Å². The van der Waals surface area contributed by atoms with Crippen LogP contribution in [0.5, 0.6) is 0 Å². The van der Waals surface area contributed by atoms with Crippen molar-refractivity contribution >= 4 is 40.5 Å². The second kappa shape index (κ2) is 8.45. The van der Waals surface area contributed by atoms with E-state index in [2.05, 4.69) is 10.4 Å². The Morgan fingerprint density at radius 3 is 2.43 bits per heavy atom. The Labute approximate surface area is 173 Å². The fraction of sp³-hybridized carbons (Fsp3) is 0.111. The van der Waals surface area contributed by atoms with Crippen LogP contribution in [-0.4, -0.2) is 21.4 Å². The van der Waals surface area contributed by atoms with E-state index < -0.39 is 28.9 Å². The lowest BCUT2D eigenvalue weighted by atomic mass is 10.1. The third-order valence-electron chi connectivity index (χ3n) is 3.89. The van der Waals surface area contributed by atoms with E-state index >= 15 is 0 Å². The molecular formula is C18H12Cl3F2N3O2. The van der Waals surface area contributed by atoms with Crippen LogP contribution in [0.1, 0.15) is 11.7 Å². The van der Waals surface area contributed by atoms with Crippen LogP contribution < -0.4 is 10.9 Å². The molecule has 0 saturated heterocycles. The molecule has 28 heavy (non-hydrogen) atoms. The number of aromatic nitrogens is 2. The van der Waals surface area contributed by atoms with E-state index in [1.165, 1.54) is 30.5 Å². The number of anilines is 1. The molecule has 1 heterocycles. The van der Waals surface area contributed by atoms with E-state index in [0.717, 1.165) is 16.8 Å². The zero-order valence-corrected chi connectivity index (χ0v) is 16.2. The smallest absolute Gasteiger partial charge is 0.291 e. The maximum Gasteiger partial charge on any atom is 0.291 e. The molecule has 0 amide bonds.